The maximum Gasteiger partial charge on any atom is 0.326 e. The number of urea groups is 1. The van der Waals surface area contributed by atoms with Crippen LogP contribution >= 0.6 is 0 Å². The molecule has 3 rings (SSSR count). The number of hydrogen-bond acceptors (Lipinski definition) is 2. The summed E-state index contributed by atoms with van der Waals surface area (Å²) in [6.07, 6.45) is 1.93. The lowest BCUT2D eigenvalue weighted by Gasteiger charge is -2.27. The molecule has 0 unspecified atom stereocenters. The number of rotatable bonds is 2. The minimum Gasteiger partial charge on any atom is -0.506 e. The number of benzene rings is 2. The second-order valence-electron chi connectivity index (χ2n) is 4.51. The fourth-order valence-electron chi connectivity index (χ4n) is 2.21. The molecule has 0 bridgehead atoms. The van der Waals surface area contributed by atoms with Crippen LogP contribution in [-0.2, 0) is 0 Å². The van der Waals surface area contributed by atoms with Gasteiger partial charge in [-0.2, -0.15) is 0 Å². The average molecular weight is 266 g/mol. The van der Waals surface area contributed by atoms with Crippen molar-refractivity contribution in [3.8, 4) is 5.75 Å². The van der Waals surface area contributed by atoms with E-state index in [4.69, 9.17) is 0 Å². The highest BCUT2D eigenvalue weighted by atomic mass is 16.3. The molecule has 2 amide bonds. The topological polar surface area (TPSA) is 52.6 Å². The Balaban J connectivity index is 1.88. The van der Waals surface area contributed by atoms with E-state index in [0.29, 0.717) is 12.2 Å². The Morgan fingerprint density at radius 3 is 2.40 bits per heavy atom. The van der Waals surface area contributed by atoms with Gasteiger partial charge in [-0.05, 0) is 23.8 Å². The largest absolute Gasteiger partial charge is 0.506 e. The molecule has 2 N–H and O–H groups in total. The van der Waals surface area contributed by atoms with Crippen LogP contribution in [0.4, 0.5) is 10.5 Å². The number of amides is 2. The van der Waals surface area contributed by atoms with Crippen LogP contribution in [-0.4, -0.2) is 17.7 Å². The van der Waals surface area contributed by atoms with Crippen molar-refractivity contribution < 1.29 is 9.90 Å². The van der Waals surface area contributed by atoms with Gasteiger partial charge in [0.2, 0.25) is 0 Å². The summed E-state index contributed by atoms with van der Waals surface area (Å²) in [6.45, 7) is 0.424. The molecule has 4 nitrogen and oxygen atoms in total. The number of nitrogens with zero attached hydrogens (tertiary/aromatic N) is 1. The highest BCUT2D eigenvalue weighted by Crippen LogP contribution is 2.28. The standard InChI is InChI=1S/C16H14N2O2/c19-15-9-5-4-8-14(15)18-11-10-13(17-16(18)20)12-6-2-1-3-7-12/h1-10,19H,11H2,(H,17,20). The zero-order valence-electron chi connectivity index (χ0n) is 10.8. The van der Waals surface area contributed by atoms with E-state index in [1.54, 1.807) is 24.3 Å². The van der Waals surface area contributed by atoms with Crippen LogP contribution in [0, 0.1) is 0 Å². The van der Waals surface area contributed by atoms with Gasteiger partial charge in [0.05, 0.1) is 5.69 Å². The van der Waals surface area contributed by atoms with Gasteiger partial charge in [-0.3, -0.25) is 4.90 Å². The van der Waals surface area contributed by atoms with Crippen molar-refractivity contribution >= 4 is 17.4 Å². The number of carbonyl (C=O) groups is 1. The van der Waals surface area contributed by atoms with Crippen molar-refractivity contribution in [1.82, 2.24) is 5.32 Å². The zero-order valence-corrected chi connectivity index (χ0v) is 10.8. The van der Waals surface area contributed by atoms with Crippen LogP contribution < -0.4 is 10.2 Å². The quantitative estimate of drug-likeness (QED) is 0.878. The van der Waals surface area contributed by atoms with Gasteiger partial charge < -0.3 is 10.4 Å². The van der Waals surface area contributed by atoms with E-state index in [9.17, 15) is 9.90 Å². The second kappa shape index (κ2) is 5.09. The number of aromatic hydroxyl groups is 1. The lowest BCUT2D eigenvalue weighted by molar-refractivity contribution is 0.249. The Morgan fingerprint density at radius 2 is 1.70 bits per heavy atom. The number of nitrogens with one attached hydrogen (secondary N) is 1. The van der Waals surface area contributed by atoms with Crippen molar-refractivity contribution in [2.45, 2.75) is 0 Å². The Morgan fingerprint density at radius 1 is 1.00 bits per heavy atom. The summed E-state index contributed by atoms with van der Waals surface area (Å²) in [5.41, 5.74) is 2.27. The smallest absolute Gasteiger partial charge is 0.326 e. The summed E-state index contributed by atoms with van der Waals surface area (Å²) in [7, 11) is 0. The molecule has 0 saturated heterocycles. The van der Waals surface area contributed by atoms with Crippen molar-refractivity contribution in [1.29, 1.82) is 0 Å². The highest BCUT2D eigenvalue weighted by molar-refractivity contribution is 6.00. The molecule has 1 heterocycles. The Kier molecular flexibility index (Phi) is 3.13. The first-order valence-corrected chi connectivity index (χ1v) is 6.38. The van der Waals surface area contributed by atoms with E-state index in [-0.39, 0.29) is 11.8 Å². The first kappa shape index (κ1) is 12.3. The summed E-state index contributed by atoms with van der Waals surface area (Å²) in [5, 5.41) is 12.7. The van der Waals surface area contributed by atoms with E-state index in [1.807, 2.05) is 36.4 Å². The van der Waals surface area contributed by atoms with E-state index in [2.05, 4.69) is 5.32 Å². The molecule has 0 fully saturated rings. The fraction of sp³-hybridized carbons (Fsp3) is 0.0625. The molecule has 100 valence electrons. The molecular weight excluding hydrogens is 252 g/mol. The van der Waals surface area contributed by atoms with Crippen LogP contribution in [0.3, 0.4) is 0 Å². The minimum absolute atomic E-state index is 0.0965. The average Bonchev–Trinajstić information content (AvgIpc) is 2.49. The summed E-state index contributed by atoms with van der Waals surface area (Å²) in [6, 6.07) is 16.2. The third-order valence-electron chi connectivity index (χ3n) is 3.22. The van der Waals surface area contributed by atoms with Gasteiger partial charge in [0.1, 0.15) is 5.75 Å². The third kappa shape index (κ3) is 2.23. The van der Waals surface area contributed by atoms with Gasteiger partial charge in [0, 0.05) is 12.2 Å². The monoisotopic (exact) mass is 266 g/mol. The lowest BCUT2D eigenvalue weighted by Crippen LogP contribution is -2.43. The summed E-state index contributed by atoms with van der Waals surface area (Å²) < 4.78 is 0. The van der Waals surface area contributed by atoms with Crippen LogP contribution in [0.1, 0.15) is 5.56 Å². The number of para-hydroxylation sites is 2. The van der Waals surface area contributed by atoms with Gasteiger partial charge in [-0.1, -0.05) is 42.5 Å². The van der Waals surface area contributed by atoms with Crippen molar-refractivity contribution in [3.63, 3.8) is 0 Å². The van der Waals surface area contributed by atoms with Gasteiger partial charge in [-0.25, -0.2) is 4.79 Å². The lowest BCUT2D eigenvalue weighted by atomic mass is 10.1. The molecule has 4 heteroatoms. The number of hydrogen-bond donors (Lipinski definition) is 2. The maximum atomic E-state index is 12.2. The molecule has 0 atom stereocenters. The summed E-state index contributed by atoms with van der Waals surface area (Å²) in [5.74, 6) is 0.0965. The summed E-state index contributed by atoms with van der Waals surface area (Å²) >= 11 is 0. The fourth-order valence-corrected chi connectivity index (χ4v) is 2.21. The molecule has 0 saturated carbocycles. The Labute approximate surface area is 117 Å². The van der Waals surface area contributed by atoms with Gasteiger partial charge in [-0.15, -0.1) is 0 Å². The number of phenolic OH excluding ortho intramolecular Hbond substituents is 1. The first-order valence-electron chi connectivity index (χ1n) is 6.38. The van der Waals surface area contributed by atoms with Gasteiger partial charge >= 0.3 is 6.03 Å². The third-order valence-corrected chi connectivity index (χ3v) is 3.22. The second-order valence-corrected chi connectivity index (χ2v) is 4.51. The predicted molar refractivity (Wildman–Crippen MR) is 78.4 cm³/mol. The molecule has 0 aliphatic carbocycles. The molecule has 0 aromatic heterocycles. The minimum atomic E-state index is -0.243. The first-order chi connectivity index (χ1) is 9.75. The molecule has 1 aliphatic heterocycles. The maximum absolute atomic E-state index is 12.2. The van der Waals surface area contributed by atoms with E-state index < -0.39 is 0 Å². The molecule has 0 radical (unpaired) electrons. The van der Waals surface area contributed by atoms with Crippen molar-refractivity contribution in [3.05, 3.63) is 66.2 Å². The van der Waals surface area contributed by atoms with Gasteiger partial charge in [0.15, 0.2) is 0 Å². The molecule has 20 heavy (non-hydrogen) atoms. The number of carbonyl (C=O) groups excluding carboxylic acids is 1. The van der Waals surface area contributed by atoms with Crippen molar-refractivity contribution in [2.75, 3.05) is 11.4 Å². The number of anilines is 1. The Bertz CT molecular complexity index is 665. The van der Waals surface area contributed by atoms with Crippen LogP contribution in [0.15, 0.2) is 60.7 Å². The summed E-state index contributed by atoms with van der Waals surface area (Å²) in [4.78, 5) is 13.7. The Hall–Kier alpha value is -2.75. The van der Waals surface area contributed by atoms with Crippen molar-refractivity contribution in [2.24, 2.45) is 0 Å². The molecule has 2 aromatic carbocycles. The van der Waals surface area contributed by atoms with E-state index in [0.717, 1.165) is 11.3 Å². The molecular formula is C16H14N2O2. The van der Waals surface area contributed by atoms with E-state index in [1.165, 1.54) is 4.90 Å². The molecule has 2 aromatic rings. The normalized spacial score (nSPS) is 14.7. The van der Waals surface area contributed by atoms with Crippen LogP contribution in [0.5, 0.6) is 5.75 Å². The predicted octanol–water partition coefficient (Wildman–Crippen LogP) is 2.96. The number of phenols is 1. The zero-order chi connectivity index (χ0) is 13.9. The van der Waals surface area contributed by atoms with Crippen LogP contribution in [0.25, 0.3) is 5.70 Å². The molecule has 0 spiro atoms. The van der Waals surface area contributed by atoms with Crippen LogP contribution in [0.2, 0.25) is 0 Å². The molecule has 1 aliphatic rings. The van der Waals surface area contributed by atoms with E-state index >= 15 is 0 Å². The highest BCUT2D eigenvalue weighted by Gasteiger charge is 2.22. The SMILES string of the molecule is O=C1NC(c2ccccc2)=CCN1c1ccccc1O. The van der Waals surface area contributed by atoms with Gasteiger partial charge in [0.25, 0.3) is 0 Å².